The molecule has 0 unspecified atom stereocenters. The third-order valence-electron chi connectivity index (χ3n) is 4.99. The number of rotatable bonds is 4. The van der Waals surface area contributed by atoms with Crippen molar-refractivity contribution in [3.63, 3.8) is 0 Å². The van der Waals surface area contributed by atoms with E-state index < -0.39 is 6.09 Å². The maximum atomic E-state index is 10.6. The van der Waals surface area contributed by atoms with E-state index in [2.05, 4.69) is 29.9 Å². The molecule has 3 heterocycles. The Kier molecular flexibility index (Phi) is 3.79. The zero-order valence-corrected chi connectivity index (χ0v) is 13.3. The van der Waals surface area contributed by atoms with E-state index in [1.165, 1.54) is 0 Å². The Morgan fingerprint density at radius 3 is 2.88 bits per heavy atom. The van der Waals surface area contributed by atoms with Crippen LogP contribution in [-0.2, 0) is 6.42 Å². The molecule has 8 heteroatoms. The van der Waals surface area contributed by atoms with Crippen molar-refractivity contribution in [2.75, 3.05) is 6.54 Å². The minimum absolute atomic E-state index is 0.452. The summed E-state index contributed by atoms with van der Waals surface area (Å²) in [6.07, 6.45) is 7.89. The lowest BCUT2D eigenvalue weighted by Gasteiger charge is -2.27. The third kappa shape index (κ3) is 2.79. The molecule has 0 aromatic carbocycles. The van der Waals surface area contributed by atoms with Crippen molar-refractivity contribution < 1.29 is 9.90 Å². The maximum absolute atomic E-state index is 10.6. The number of carboxylic acid groups (broad SMARTS) is 1. The quantitative estimate of drug-likeness (QED) is 0.680. The summed E-state index contributed by atoms with van der Waals surface area (Å²) in [6.45, 7) is 0.561. The number of hydrogen-bond acceptors (Lipinski definition) is 4. The number of hydrogen-bond donors (Lipinski definition) is 3. The van der Waals surface area contributed by atoms with Gasteiger partial charge in [0.15, 0.2) is 11.3 Å². The molecule has 1 aliphatic carbocycles. The Bertz CT molecular complexity index is 862. The molecule has 126 valence electrons. The molecule has 0 bridgehead atoms. The summed E-state index contributed by atoms with van der Waals surface area (Å²) in [5, 5.41) is 19.8. The average molecular weight is 328 g/mol. The molecule has 3 N–H and O–H groups in total. The highest BCUT2D eigenvalue weighted by molar-refractivity contribution is 5.74. The maximum Gasteiger partial charge on any atom is 0.404 e. The van der Waals surface area contributed by atoms with Crippen molar-refractivity contribution in [1.29, 1.82) is 0 Å². The minimum Gasteiger partial charge on any atom is -0.465 e. The van der Waals surface area contributed by atoms with E-state index in [9.17, 15) is 4.79 Å². The molecule has 0 atom stereocenters. The van der Waals surface area contributed by atoms with Crippen molar-refractivity contribution in [2.45, 2.75) is 32.1 Å². The van der Waals surface area contributed by atoms with E-state index in [0.717, 1.165) is 54.7 Å². The molecule has 0 radical (unpaired) electrons. The molecule has 0 aliphatic heterocycles. The van der Waals surface area contributed by atoms with Crippen LogP contribution in [0.3, 0.4) is 0 Å². The zero-order chi connectivity index (χ0) is 16.5. The molecular weight excluding hydrogens is 308 g/mol. The number of fused-ring (bicyclic) bond motifs is 3. The van der Waals surface area contributed by atoms with Gasteiger partial charge >= 0.3 is 6.09 Å². The number of aromatic nitrogens is 5. The van der Waals surface area contributed by atoms with E-state index in [1.807, 2.05) is 12.3 Å². The van der Waals surface area contributed by atoms with E-state index in [4.69, 9.17) is 5.11 Å². The molecule has 3 aromatic heterocycles. The van der Waals surface area contributed by atoms with Crippen LogP contribution in [0.25, 0.3) is 16.8 Å². The summed E-state index contributed by atoms with van der Waals surface area (Å²) in [6, 6.07) is 2.00. The number of nitrogens with zero attached hydrogens (tertiary/aromatic N) is 4. The second-order valence-electron chi connectivity index (χ2n) is 6.56. The lowest BCUT2D eigenvalue weighted by molar-refractivity contribution is 0.188. The molecule has 1 fully saturated rings. The molecule has 8 nitrogen and oxygen atoms in total. The van der Waals surface area contributed by atoms with Crippen molar-refractivity contribution in [3.8, 4) is 0 Å². The molecule has 1 saturated carbocycles. The number of H-pyrrole nitrogens is 1. The Morgan fingerprint density at radius 2 is 2.08 bits per heavy atom. The lowest BCUT2D eigenvalue weighted by Crippen LogP contribution is -2.30. The summed E-state index contributed by atoms with van der Waals surface area (Å²) in [5.41, 5.74) is 2.62. The summed E-state index contributed by atoms with van der Waals surface area (Å²) >= 11 is 0. The van der Waals surface area contributed by atoms with Gasteiger partial charge in [-0.3, -0.25) is 4.40 Å². The van der Waals surface area contributed by atoms with Gasteiger partial charge in [-0.05, 0) is 43.6 Å². The summed E-state index contributed by atoms with van der Waals surface area (Å²) in [5.74, 6) is 2.00. The Morgan fingerprint density at radius 1 is 1.29 bits per heavy atom. The van der Waals surface area contributed by atoms with Gasteiger partial charge in [0.2, 0.25) is 0 Å². The molecule has 1 amide bonds. The van der Waals surface area contributed by atoms with Gasteiger partial charge in [-0.15, -0.1) is 10.2 Å². The summed E-state index contributed by atoms with van der Waals surface area (Å²) in [4.78, 5) is 18.0. The first-order valence-electron chi connectivity index (χ1n) is 8.33. The van der Waals surface area contributed by atoms with Gasteiger partial charge < -0.3 is 15.4 Å². The highest BCUT2D eigenvalue weighted by Crippen LogP contribution is 2.30. The van der Waals surface area contributed by atoms with Crippen LogP contribution in [0.2, 0.25) is 0 Å². The zero-order valence-electron chi connectivity index (χ0n) is 13.3. The fourth-order valence-corrected chi connectivity index (χ4v) is 3.70. The molecular formula is C16H20N6O2. The van der Waals surface area contributed by atoms with Crippen LogP contribution in [0.1, 0.15) is 31.5 Å². The molecule has 0 saturated heterocycles. The first-order chi connectivity index (χ1) is 11.7. The van der Waals surface area contributed by atoms with Gasteiger partial charge in [0.1, 0.15) is 5.82 Å². The van der Waals surface area contributed by atoms with Crippen LogP contribution in [0.5, 0.6) is 0 Å². The van der Waals surface area contributed by atoms with E-state index >= 15 is 0 Å². The van der Waals surface area contributed by atoms with Gasteiger partial charge in [0.05, 0.1) is 11.7 Å². The van der Waals surface area contributed by atoms with E-state index in [1.54, 1.807) is 6.20 Å². The molecule has 24 heavy (non-hydrogen) atoms. The fraction of sp³-hybridized carbons (Fsp3) is 0.500. The van der Waals surface area contributed by atoms with Crippen LogP contribution in [0.15, 0.2) is 18.5 Å². The second kappa shape index (κ2) is 6.10. The Balaban J connectivity index is 1.46. The van der Waals surface area contributed by atoms with Crippen molar-refractivity contribution in [1.82, 2.24) is 29.9 Å². The first-order valence-corrected chi connectivity index (χ1v) is 8.33. The van der Waals surface area contributed by atoms with Crippen molar-refractivity contribution in [2.24, 2.45) is 11.8 Å². The van der Waals surface area contributed by atoms with Gasteiger partial charge in [-0.2, -0.15) is 0 Å². The number of carbonyl (C=O) groups is 1. The summed E-state index contributed by atoms with van der Waals surface area (Å²) < 4.78 is 2.08. The van der Waals surface area contributed by atoms with E-state index in [0.29, 0.717) is 18.4 Å². The molecule has 1 aliphatic rings. The molecule has 3 aromatic rings. The van der Waals surface area contributed by atoms with Gasteiger partial charge in [-0.25, -0.2) is 9.78 Å². The van der Waals surface area contributed by atoms with Crippen LogP contribution < -0.4 is 5.32 Å². The highest BCUT2D eigenvalue weighted by Gasteiger charge is 2.23. The largest absolute Gasteiger partial charge is 0.465 e. The Labute approximate surface area is 138 Å². The predicted octanol–water partition coefficient (Wildman–Crippen LogP) is 2.22. The Hall–Kier alpha value is -2.64. The number of amides is 1. The van der Waals surface area contributed by atoms with Crippen LogP contribution in [0.4, 0.5) is 4.79 Å². The normalized spacial score (nSPS) is 21.3. The van der Waals surface area contributed by atoms with Crippen LogP contribution in [-0.4, -0.2) is 42.3 Å². The van der Waals surface area contributed by atoms with Gasteiger partial charge in [-0.1, -0.05) is 0 Å². The smallest absolute Gasteiger partial charge is 0.404 e. The van der Waals surface area contributed by atoms with Crippen molar-refractivity contribution >= 4 is 22.9 Å². The average Bonchev–Trinajstić information content (AvgIpc) is 3.20. The molecule has 0 spiro atoms. The third-order valence-corrected chi connectivity index (χ3v) is 4.99. The highest BCUT2D eigenvalue weighted by atomic mass is 16.4. The number of nitrogens with one attached hydrogen (secondary N) is 2. The van der Waals surface area contributed by atoms with Gasteiger partial charge in [0.25, 0.3) is 0 Å². The first kappa shape index (κ1) is 14.9. The van der Waals surface area contributed by atoms with E-state index in [-0.39, 0.29) is 0 Å². The molecule has 4 rings (SSSR count). The summed E-state index contributed by atoms with van der Waals surface area (Å²) in [7, 11) is 0. The lowest BCUT2D eigenvalue weighted by atomic mass is 9.80. The predicted molar refractivity (Wildman–Crippen MR) is 87.8 cm³/mol. The standard InChI is InChI=1S/C16H20N6O2/c23-16(24)19-8-11-3-1-10(2-4-11)7-13-20-21-14-9-18-15-12(22(13)14)5-6-17-15/h5-6,9-11,17,19H,1-4,7-8H2,(H,23,24). The second-order valence-corrected chi connectivity index (χ2v) is 6.56. The number of aromatic amines is 1. The van der Waals surface area contributed by atoms with Crippen LogP contribution in [0, 0.1) is 11.8 Å². The SMILES string of the molecule is O=C(O)NCC1CCC(Cc2nnc3cnc4[nH]ccc4n23)CC1. The minimum atomic E-state index is -0.934. The fourth-order valence-electron chi connectivity index (χ4n) is 3.70. The van der Waals surface area contributed by atoms with Gasteiger partial charge in [0, 0.05) is 19.2 Å². The van der Waals surface area contributed by atoms with Crippen LogP contribution >= 0.6 is 0 Å². The monoisotopic (exact) mass is 328 g/mol. The topological polar surface area (TPSA) is 108 Å². The van der Waals surface area contributed by atoms with Crippen molar-refractivity contribution in [3.05, 3.63) is 24.3 Å².